The summed E-state index contributed by atoms with van der Waals surface area (Å²) in [5, 5.41) is 17.4. The third-order valence-corrected chi connectivity index (χ3v) is 5.83. The molecule has 4 N–H and O–H groups in total. The number of hydrogen-bond acceptors (Lipinski definition) is 7. The number of hydrogen-bond donors (Lipinski definition) is 4. The summed E-state index contributed by atoms with van der Waals surface area (Å²) in [5.41, 5.74) is 0.714. The van der Waals surface area contributed by atoms with Crippen LogP contribution in [-0.4, -0.2) is 53.2 Å². The smallest absolute Gasteiger partial charge is 0.408 e. The lowest BCUT2D eigenvalue weighted by molar-refractivity contribution is -0.145. The second kappa shape index (κ2) is 14.8. The highest BCUT2D eigenvalue weighted by atomic mass is 16.6. The maximum atomic E-state index is 13.3. The number of phenols is 1. The SMILES string of the molecule is CC[C@H](C)[C@H](NC(=O)[C@H](Cc1ccc(O)cc1)NC(=O)OC(C)(C)C)C(=O)NCC(=O)OCc1ccccc1. The third-order valence-electron chi connectivity index (χ3n) is 5.83. The predicted molar refractivity (Wildman–Crippen MR) is 146 cm³/mol. The Labute approximate surface area is 229 Å². The predicted octanol–water partition coefficient (Wildman–Crippen LogP) is 3.22. The number of amides is 3. The number of rotatable bonds is 12. The molecule has 39 heavy (non-hydrogen) atoms. The highest BCUT2D eigenvalue weighted by Gasteiger charge is 2.31. The van der Waals surface area contributed by atoms with Crippen LogP contribution in [0.15, 0.2) is 54.6 Å². The Morgan fingerprint density at radius 3 is 2.13 bits per heavy atom. The van der Waals surface area contributed by atoms with Crippen molar-refractivity contribution in [1.82, 2.24) is 16.0 Å². The van der Waals surface area contributed by atoms with Crippen molar-refractivity contribution in [2.45, 2.75) is 71.8 Å². The molecular formula is C29H39N3O7. The first-order valence-electron chi connectivity index (χ1n) is 12.9. The first-order valence-corrected chi connectivity index (χ1v) is 12.9. The quantitative estimate of drug-likeness (QED) is 0.302. The Morgan fingerprint density at radius 2 is 1.54 bits per heavy atom. The van der Waals surface area contributed by atoms with Crippen molar-refractivity contribution < 1.29 is 33.8 Å². The van der Waals surface area contributed by atoms with E-state index < -0.39 is 41.6 Å². The van der Waals surface area contributed by atoms with Gasteiger partial charge in [-0.15, -0.1) is 0 Å². The van der Waals surface area contributed by atoms with Crippen LogP contribution in [-0.2, 0) is 36.9 Å². The van der Waals surface area contributed by atoms with Crippen LogP contribution < -0.4 is 16.0 Å². The van der Waals surface area contributed by atoms with Crippen molar-refractivity contribution in [3.05, 3.63) is 65.7 Å². The number of carbonyl (C=O) groups is 4. The highest BCUT2D eigenvalue weighted by molar-refractivity contribution is 5.92. The fourth-order valence-electron chi connectivity index (χ4n) is 3.54. The Balaban J connectivity index is 2.07. The van der Waals surface area contributed by atoms with E-state index in [1.807, 2.05) is 37.3 Å². The molecule has 0 aromatic heterocycles. The molecule has 0 aliphatic heterocycles. The molecule has 3 amide bonds. The zero-order valence-corrected chi connectivity index (χ0v) is 23.2. The maximum absolute atomic E-state index is 13.3. The van der Waals surface area contributed by atoms with E-state index in [-0.39, 0.29) is 31.2 Å². The van der Waals surface area contributed by atoms with Crippen LogP contribution in [0.1, 0.15) is 52.2 Å². The van der Waals surface area contributed by atoms with Gasteiger partial charge in [0.1, 0.15) is 36.6 Å². The molecule has 2 aromatic carbocycles. The molecule has 2 aromatic rings. The molecular weight excluding hydrogens is 502 g/mol. The molecule has 0 heterocycles. The number of benzene rings is 2. The van der Waals surface area contributed by atoms with Gasteiger partial charge >= 0.3 is 12.1 Å². The number of esters is 1. The average Bonchev–Trinajstić information content (AvgIpc) is 2.89. The second-order valence-electron chi connectivity index (χ2n) is 10.3. The molecule has 0 saturated carbocycles. The van der Waals surface area contributed by atoms with E-state index in [1.54, 1.807) is 39.8 Å². The lowest BCUT2D eigenvalue weighted by atomic mass is 9.97. The van der Waals surface area contributed by atoms with Gasteiger partial charge in [-0.25, -0.2) is 4.79 Å². The van der Waals surface area contributed by atoms with Gasteiger partial charge in [0.25, 0.3) is 0 Å². The van der Waals surface area contributed by atoms with Gasteiger partial charge in [0.15, 0.2) is 0 Å². The Morgan fingerprint density at radius 1 is 0.897 bits per heavy atom. The summed E-state index contributed by atoms with van der Waals surface area (Å²) in [6.45, 7) is 8.51. The molecule has 0 bridgehead atoms. The van der Waals surface area contributed by atoms with E-state index in [2.05, 4.69) is 16.0 Å². The largest absolute Gasteiger partial charge is 0.508 e. The summed E-state index contributed by atoms with van der Waals surface area (Å²) in [4.78, 5) is 51.0. The fraction of sp³-hybridized carbons (Fsp3) is 0.448. The van der Waals surface area contributed by atoms with Crippen LogP contribution in [0, 0.1) is 5.92 Å². The Hall–Kier alpha value is -4.08. The Bertz CT molecular complexity index is 1100. The van der Waals surface area contributed by atoms with E-state index >= 15 is 0 Å². The summed E-state index contributed by atoms with van der Waals surface area (Å²) in [6, 6.07) is 13.3. The lowest BCUT2D eigenvalue weighted by Gasteiger charge is -2.27. The minimum Gasteiger partial charge on any atom is -0.508 e. The summed E-state index contributed by atoms with van der Waals surface area (Å²) in [5.74, 6) is -1.96. The number of carbonyl (C=O) groups excluding carboxylic acids is 4. The van der Waals surface area contributed by atoms with Crippen molar-refractivity contribution in [3.63, 3.8) is 0 Å². The first-order chi connectivity index (χ1) is 18.4. The molecule has 0 fully saturated rings. The summed E-state index contributed by atoms with van der Waals surface area (Å²) in [7, 11) is 0. The average molecular weight is 542 g/mol. The van der Waals surface area contributed by atoms with Crippen molar-refractivity contribution in [1.29, 1.82) is 0 Å². The van der Waals surface area contributed by atoms with Gasteiger partial charge in [-0.05, 0) is 49.9 Å². The van der Waals surface area contributed by atoms with Crippen molar-refractivity contribution in [2.75, 3.05) is 6.54 Å². The molecule has 0 unspecified atom stereocenters. The topological polar surface area (TPSA) is 143 Å². The lowest BCUT2D eigenvalue weighted by Crippen LogP contribution is -2.57. The molecule has 2 rings (SSSR count). The van der Waals surface area contributed by atoms with Gasteiger partial charge in [-0.2, -0.15) is 0 Å². The van der Waals surface area contributed by atoms with Crippen LogP contribution in [0.5, 0.6) is 5.75 Å². The molecule has 212 valence electrons. The van der Waals surface area contributed by atoms with Crippen molar-refractivity contribution in [2.24, 2.45) is 5.92 Å². The van der Waals surface area contributed by atoms with Gasteiger partial charge in [-0.1, -0.05) is 62.7 Å². The van der Waals surface area contributed by atoms with E-state index in [4.69, 9.17) is 9.47 Å². The molecule has 0 radical (unpaired) electrons. The maximum Gasteiger partial charge on any atom is 0.408 e. The summed E-state index contributed by atoms with van der Waals surface area (Å²) >= 11 is 0. The van der Waals surface area contributed by atoms with Gasteiger partial charge < -0.3 is 30.5 Å². The van der Waals surface area contributed by atoms with Crippen LogP contribution in [0.4, 0.5) is 4.79 Å². The monoisotopic (exact) mass is 541 g/mol. The van der Waals surface area contributed by atoms with E-state index in [9.17, 15) is 24.3 Å². The number of nitrogens with one attached hydrogen (secondary N) is 3. The number of ether oxygens (including phenoxy) is 2. The zero-order chi connectivity index (χ0) is 29.0. The minimum absolute atomic E-state index is 0.0654. The molecule has 0 aliphatic carbocycles. The molecule has 0 spiro atoms. The van der Waals surface area contributed by atoms with Gasteiger partial charge in [0.2, 0.25) is 11.8 Å². The molecule has 0 saturated heterocycles. The van der Waals surface area contributed by atoms with Crippen LogP contribution >= 0.6 is 0 Å². The summed E-state index contributed by atoms with van der Waals surface area (Å²) in [6.07, 6.45) is -0.127. The second-order valence-corrected chi connectivity index (χ2v) is 10.3. The fourth-order valence-corrected chi connectivity index (χ4v) is 3.54. The highest BCUT2D eigenvalue weighted by Crippen LogP contribution is 2.14. The molecule has 10 heteroatoms. The zero-order valence-electron chi connectivity index (χ0n) is 23.2. The van der Waals surface area contributed by atoms with Crippen LogP contribution in [0.2, 0.25) is 0 Å². The number of aromatic hydroxyl groups is 1. The van der Waals surface area contributed by atoms with E-state index in [0.29, 0.717) is 12.0 Å². The van der Waals surface area contributed by atoms with Gasteiger partial charge in [-0.3, -0.25) is 14.4 Å². The number of alkyl carbamates (subject to hydrolysis) is 1. The molecule has 3 atom stereocenters. The normalized spacial score (nSPS) is 13.4. The van der Waals surface area contributed by atoms with E-state index in [1.165, 1.54) is 12.1 Å². The number of phenolic OH excluding ortho intramolecular Hbond substituents is 1. The van der Waals surface area contributed by atoms with Crippen molar-refractivity contribution >= 4 is 23.9 Å². The Kier molecular flexibility index (Phi) is 11.8. The van der Waals surface area contributed by atoms with Crippen molar-refractivity contribution in [3.8, 4) is 5.75 Å². The minimum atomic E-state index is -1.07. The van der Waals surface area contributed by atoms with Crippen LogP contribution in [0.3, 0.4) is 0 Å². The first kappa shape index (κ1) is 31.1. The molecule has 10 nitrogen and oxygen atoms in total. The van der Waals surface area contributed by atoms with Crippen LogP contribution in [0.25, 0.3) is 0 Å². The van der Waals surface area contributed by atoms with E-state index in [0.717, 1.165) is 5.56 Å². The third kappa shape index (κ3) is 11.5. The van der Waals surface area contributed by atoms with Gasteiger partial charge in [0, 0.05) is 6.42 Å². The van der Waals surface area contributed by atoms with Gasteiger partial charge in [0.05, 0.1) is 0 Å². The summed E-state index contributed by atoms with van der Waals surface area (Å²) < 4.78 is 10.5. The molecule has 0 aliphatic rings. The standard InChI is InChI=1S/C29H39N3O7/c1-6-19(2)25(27(36)30-17-24(34)38-18-21-10-8-7-9-11-21)32-26(35)23(31-28(37)39-29(3,4)5)16-20-12-14-22(33)15-13-20/h7-15,19,23,25,33H,6,16-18H2,1-5H3,(H,30,36)(H,31,37)(H,32,35)/t19-,23-,25-/m0/s1.